The Labute approximate surface area is 123 Å². The summed E-state index contributed by atoms with van der Waals surface area (Å²) in [6.45, 7) is 2.69. The number of hydrogen-bond acceptors (Lipinski definition) is 2. The number of halogens is 3. The van der Waals surface area contributed by atoms with Gasteiger partial charge in [-0.25, -0.2) is 0 Å². The van der Waals surface area contributed by atoms with E-state index in [1.165, 1.54) is 0 Å². The van der Waals surface area contributed by atoms with Crippen LogP contribution < -0.4 is 10.6 Å². The van der Waals surface area contributed by atoms with E-state index in [0.29, 0.717) is 28.1 Å². The maximum Gasteiger partial charge on any atom is 0.251 e. The molecule has 1 fully saturated rings. The van der Waals surface area contributed by atoms with Crippen LogP contribution in [0, 0.1) is 5.92 Å². The van der Waals surface area contributed by atoms with Gasteiger partial charge in [0.1, 0.15) is 0 Å². The molecule has 2 rings (SSSR count). The fraction of sp³-hybridized carbons (Fsp3) is 0.417. The second kappa shape index (κ2) is 7.19. The van der Waals surface area contributed by atoms with Crippen molar-refractivity contribution in [3.05, 3.63) is 33.8 Å². The summed E-state index contributed by atoms with van der Waals surface area (Å²) >= 11 is 11.7. The van der Waals surface area contributed by atoms with Crippen LogP contribution in [0.25, 0.3) is 0 Å². The van der Waals surface area contributed by atoms with Crippen LogP contribution in [0.2, 0.25) is 10.0 Å². The van der Waals surface area contributed by atoms with Crippen molar-refractivity contribution in [1.82, 2.24) is 10.6 Å². The van der Waals surface area contributed by atoms with Crippen molar-refractivity contribution in [1.29, 1.82) is 0 Å². The molecule has 6 heteroatoms. The molecule has 1 amide bonds. The van der Waals surface area contributed by atoms with Crippen molar-refractivity contribution >= 4 is 41.5 Å². The molecule has 3 nitrogen and oxygen atoms in total. The minimum Gasteiger partial charge on any atom is -0.352 e. The van der Waals surface area contributed by atoms with Crippen molar-refractivity contribution in [3.63, 3.8) is 0 Å². The summed E-state index contributed by atoms with van der Waals surface area (Å²) in [4.78, 5) is 11.9. The molecule has 0 aliphatic carbocycles. The summed E-state index contributed by atoms with van der Waals surface area (Å²) in [5.41, 5.74) is 0.508. The highest BCUT2D eigenvalue weighted by molar-refractivity contribution is 6.35. The number of rotatable bonds is 3. The minimum absolute atomic E-state index is 0. The molecule has 0 aromatic heterocycles. The second-order valence-corrected chi connectivity index (χ2v) is 5.10. The monoisotopic (exact) mass is 308 g/mol. The van der Waals surface area contributed by atoms with Gasteiger partial charge in [0, 0.05) is 22.2 Å². The lowest BCUT2D eigenvalue weighted by Gasteiger charge is -2.10. The van der Waals surface area contributed by atoms with E-state index in [0.717, 1.165) is 19.5 Å². The SMILES string of the molecule is Cl.O=C(NCC1CCNC1)c1cc(Cl)cc(Cl)c1. The summed E-state index contributed by atoms with van der Waals surface area (Å²) in [7, 11) is 0. The Morgan fingerprint density at radius 3 is 2.56 bits per heavy atom. The zero-order valence-corrected chi connectivity index (χ0v) is 12.0. The van der Waals surface area contributed by atoms with Gasteiger partial charge in [-0.3, -0.25) is 4.79 Å². The Morgan fingerprint density at radius 2 is 2.00 bits per heavy atom. The molecular weight excluding hydrogens is 295 g/mol. The summed E-state index contributed by atoms with van der Waals surface area (Å²) in [6, 6.07) is 4.85. The first-order valence-electron chi connectivity index (χ1n) is 5.60. The first-order chi connectivity index (χ1) is 8.15. The molecule has 0 radical (unpaired) electrons. The number of carbonyl (C=O) groups excluding carboxylic acids is 1. The first-order valence-corrected chi connectivity index (χ1v) is 6.36. The van der Waals surface area contributed by atoms with Crippen molar-refractivity contribution in [3.8, 4) is 0 Å². The quantitative estimate of drug-likeness (QED) is 0.901. The third-order valence-electron chi connectivity index (χ3n) is 2.84. The highest BCUT2D eigenvalue weighted by Crippen LogP contribution is 2.19. The van der Waals surface area contributed by atoms with Gasteiger partial charge in [0.05, 0.1) is 0 Å². The summed E-state index contributed by atoms with van der Waals surface area (Å²) < 4.78 is 0. The van der Waals surface area contributed by atoms with E-state index in [-0.39, 0.29) is 18.3 Å². The van der Waals surface area contributed by atoms with Crippen LogP contribution in [0.3, 0.4) is 0 Å². The molecule has 100 valence electrons. The Kier molecular flexibility index (Phi) is 6.22. The van der Waals surface area contributed by atoms with Crippen LogP contribution in [0.5, 0.6) is 0 Å². The van der Waals surface area contributed by atoms with Crippen molar-refractivity contribution in [2.24, 2.45) is 5.92 Å². The highest BCUT2D eigenvalue weighted by atomic mass is 35.5. The van der Waals surface area contributed by atoms with Crippen LogP contribution >= 0.6 is 35.6 Å². The average Bonchev–Trinajstić information content (AvgIpc) is 2.77. The molecule has 1 unspecified atom stereocenters. The minimum atomic E-state index is -0.124. The topological polar surface area (TPSA) is 41.1 Å². The van der Waals surface area contributed by atoms with Gasteiger partial charge in [-0.2, -0.15) is 0 Å². The molecule has 18 heavy (non-hydrogen) atoms. The van der Waals surface area contributed by atoms with Gasteiger partial charge in [-0.1, -0.05) is 23.2 Å². The first kappa shape index (κ1) is 15.6. The lowest BCUT2D eigenvalue weighted by Crippen LogP contribution is -2.30. The molecule has 1 atom stereocenters. The van der Waals surface area contributed by atoms with Gasteiger partial charge < -0.3 is 10.6 Å². The largest absolute Gasteiger partial charge is 0.352 e. The fourth-order valence-electron chi connectivity index (χ4n) is 1.91. The van der Waals surface area contributed by atoms with E-state index in [4.69, 9.17) is 23.2 Å². The average molecular weight is 310 g/mol. The Bertz CT molecular complexity index is 400. The van der Waals surface area contributed by atoms with Gasteiger partial charge >= 0.3 is 0 Å². The zero-order valence-electron chi connectivity index (χ0n) is 9.71. The van der Waals surface area contributed by atoms with Gasteiger partial charge in [0.25, 0.3) is 5.91 Å². The number of amides is 1. The van der Waals surface area contributed by atoms with E-state index >= 15 is 0 Å². The van der Waals surface area contributed by atoms with Gasteiger partial charge in [0.15, 0.2) is 0 Å². The van der Waals surface area contributed by atoms with Crippen LogP contribution in [-0.4, -0.2) is 25.5 Å². The number of carbonyl (C=O) groups is 1. The molecule has 1 aromatic carbocycles. The maximum absolute atomic E-state index is 11.9. The Morgan fingerprint density at radius 1 is 1.33 bits per heavy atom. The van der Waals surface area contributed by atoms with Crippen LogP contribution in [0.1, 0.15) is 16.8 Å². The second-order valence-electron chi connectivity index (χ2n) is 4.23. The normalized spacial score (nSPS) is 18.2. The number of benzene rings is 1. The maximum atomic E-state index is 11.9. The molecule has 2 N–H and O–H groups in total. The molecule has 0 saturated carbocycles. The Balaban J connectivity index is 0.00000162. The predicted octanol–water partition coefficient (Wildman–Crippen LogP) is 2.75. The number of nitrogens with one attached hydrogen (secondary N) is 2. The molecule has 1 aliphatic rings. The van der Waals surface area contributed by atoms with E-state index in [2.05, 4.69) is 10.6 Å². The lowest BCUT2D eigenvalue weighted by molar-refractivity contribution is 0.0948. The van der Waals surface area contributed by atoms with Gasteiger partial charge in [0.2, 0.25) is 0 Å². The molecule has 1 aromatic rings. The Hall–Kier alpha value is -0.480. The highest BCUT2D eigenvalue weighted by Gasteiger charge is 2.16. The molecule has 1 heterocycles. The standard InChI is InChI=1S/C12H14Cl2N2O.ClH/c13-10-3-9(4-11(14)5-10)12(17)16-7-8-1-2-15-6-8;/h3-5,8,15H,1-2,6-7H2,(H,16,17);1H. The van der Waals surface area contributed by atoms with Gasteiger partial charge in [-0.05, 0) is 43.6 Å². The summed E-state index contributed by atoms with van der Waals surface area (Å²) in [6.07, 6.45) is 1.11. The van der Waals surface area contributed by atoms with Crippen molar-refractivity contribution < 1.29 is 4.79 Å². The summed E-state index contributed by atoms with van der Waals surface area (Å²) in [5, 5.41) is 7.11. The summed E-state index contributed by atoms with van der Waals surface area (Å²) in [5.74, 6) is 0.398. The van der Waals surface area contributed by atoms with Crippen molar-refractivity contribution in [2.75, 3.05) is 19.6 Å². The molecule has 1 saturated heterocycles. The number of hydrogen-bond donors (Lipinski definition) is 2. The molecule has 0 spiro atoms. The van der Waals surface area contributed by atoms with Gasteiger partial charge in [-0.15, -0.1) is 12.4 Å². The zero-order chi connectivity index (χ0) is 12.3. The van der Waals surface area contributed by atoms with Crippen molar-refractivity contribution in [2.45, 2.75) is 6.42 Å². The third kappa shape index (κ3) is 4.32. The third-order valence-corrected chi connectivity index (χ3v) is 3.27. The molecule has 0 bridgehead atoms. The van der Waals surface area contributed by atoms with Crippen LogP contribution in [-0.2, 0) is 0 Å². The van der Waals surface area contributed by atoms with E-state index in [9.17, 15) is 4.79 Å². The molecular formula is C12H15Cl3N2O. The van der Waals surface area contributed by atoms with E-state index in [1.54, 1.807) is 18.2 Å². The smallest absolute Gasteiger partial charge is 0.251 e. The van der Waals surface area contributed by atoms with Crippen LogP contribution in [0.4, 0.5) is 0 Å². The molecule has 1 aliphatic heterocycles. The van der Waals surface area contributed by atoms with Crippen LogP contribution in [0.15, 0.2) is 18.2 Å². The fourth-order valence-corrected chi connectivity index (χ4v) is 2.44. The van der Waals surface area contributed by atoms with E-state index in [1.807, 2.05) is 0 Å². The predicted molar refractivity (Wildman–Crippen MR) is 77.0 cm³/mol. The van der Waals surface area contributed by atoms with E-state index < -0.39 is 0 Å². The lowest BCUT2D eigenvalue weighted by atomic mass is 10.1.